The second-order valence-corrected chi connectivity index (χ2v) is 9.44. The van der Waals surface area contributed by atoms with Gasteiger partial charge in [0.2, 0.25) is 10.0 Å². The Hall–Kier alpha value is -2.82. The van der Waals surface area contributed by atoms with Gasteiger partial charge in [-0.3, -0.25) is 9.59 Å². The van der Waals surface area contributed by atoms with Gasteiger partial charge in [-0.15, -0.1) is 0 Å². The van der Waals surface area contributed by atoms with Crippen molar-refractivity contribution in [1.29, 1.82) is 0 Å². The van der Waals surface area contributed by atoms with Gasteiger partial charge in [0, 0.05) is 13.1 Å². The monoisotopic (exact) mass is 463 g/mol. The minimum absolute atomic E-state index is 0.0310. The molecule has 1 aliphatic rings. The maximum Gasteiger partial charge on any atom is 0.309 e. The van der Waals surface area contributed by atoms with Gasteiger partial charge in [0.25, 0.3) is 0 Å². The molecule has 3 rings (SSSR count). The second kappa shape index (κ2) is 10.2. The summed E-state index contributed by atoms with van der Waals surface area (Å²) >= 11 is 0. The van der Waals surface area contributed by atoms with Crippen LogP contribution in [0.25, 0.3) is 0 Å². The lowest BCUT2D eigenvalue weighted by Gasteiger charge is -2.34. The van der Waals surface area contributed by atoms with E-state index in [4.69, 9.17) is 4.74 Å². The van der Waals surface area contributed by atoms with Gasteiger partial charge >= 0.3 is 11.8 Å². The molecule has 0 saturated carbocycles. The number of halogens is 1. The van der Waals surface area contributed by atoms with E-state index in [1.807, 2.05) is 31.2 Å². The molecule has 1 heterocycles. The molecular formula is C22H26FN3O5S. The zero-order valence-corrected chi connectivity index (χ0v) is 18.7. The van der Waals surface area contributed by atoms with Crippen LogP contribution in [0.5, 0.6) is 0 Å². The summed E-state index contributed by atoms with van der Waals surface area (Å²) in [6.45, 7) is 3.95. The van der Waals surface area contributed by atoms with Crippen LogP contribution in [0.3, 0.4) is 0 Å². The Kier molecular flexibility index (Phi) is 7.60. The minimum atomic E-state index is -3.99. The number of carbonyl (C=O) groups excluding carboxylic acids is 2. The summed E-state index contributed by atoms with van der Waals surface area (Å²) in [6.07, 6.45) is -0.506. The predicted molar refractivity (Wildman–Crippen MR) is 115 cm³/mol. The Morgan fingerprint density at radius 1 is 1.09 bits per heavy atom. The Morgan fingerprint density at radius 3 is 2.47 bits per heavy atom. The number of amides is 2. The normalized spacial score (nSPS) is 17.0. The molecule has 0 spiro atoms. The minimum Gasteiger partial charge on any atom is -0.360 e. The standard InChI is InChI=1S/C22H26FN3O5S/c1-15-4-6-17(7-5-15)13-24-21(27)22(28)25-14-20-26(10-3-11-31-20)32(29,30)19-9-8-18(23)12-16(19)2/h4-9,12,20H,3,10-11,13-14H2,1-2H3,(H,24,27)(H,25,28)/t20-/m1/s1. The molecule has 0 bridgehead atoms. The third kappa shape index (κ3) is 5.70. The van der Waals surface area contributed by atoms with E-state index in [1.54, 1.807) is 0 Å². The number of benzene rings is 2. The number of aryl methyl sites for hydroxylation is 2. The first-order valence-corrected chi connectivity index (χ1v) is 11.6. The van der Waals surface area contributed by atoms with Crippen molar-refractivity contribution in [3.63, 3.8) is 0 Å². The summed E-state index contributed by atoms with van der Waals surface area (Å²) < 4.78 is 46.3. The van der Waals surface area contributed by atoms with Gasteiger partial charge in [0.15, 0.2) is 0 Å². The molecule has 1 saturated heterocycles. The summed E-state index contributed by atoms with van der Waals surface area (Å²) in [5.41, 5.74) is 2.20. The number of sulfonamides is 1. The summed E-state index contributed by atoms with van der Waals surface area (Å²) in [5.74, 6) is -2.25. The molecule has 2 N–H and O–H groups in total. The van der Waals surface area contributed by atoms with E-state index in [0.717, 1.165) is 27.6 Å². The number of nitrogens with zero attached hydrogens (tertiary/aromatic N) is 1. The highest BCUT2D eigenvalue weighted by atomic mass is 32.2. The van der Waals surface area contributed by atoms with Gasteiger partial charge in [-0.1, -0.05) is 29.8 Å². The van der Waals surface area contributed by atoms with E-state index < -0.39 is 33.9 Å². The lowest BCUT2D eigenvalue weighted by atomic mass is 10.1. The van der Waals surface area contributed by atoms with E-state index in [0.29, 0.717) is 13.0 Å². The molecule has 0 radical (unpaired) electrons. The molecule has 0 aromatic heterocycles. The van der Waals surface area contributed by atoms with Gasteiger partial charge in [-0.05, 0) is 49.6 Å². The first-order chi connectivity index (χ1) is 15.2. The number of nitrogens with one attached hydrogen (secondary N) is 2. The average molecular weight is 464 g/mol. The predicted octanol–water partition coefficient (Wildman–Crippen LogP) is 1.61. The molecule has 2 amide bonds. The molecule has 10 heteroatoms. The van der Waals surface area contributed by atoms with Crippen LogP contribution in [0.4, 0.5) is 4.39 Å². The second-order valence-electron chi connectivity index (χ2n) is 7.58. The van der Waals surface area contributed by atoms with E-state index in [2.05, 4.69) is 10.6 Å². The van der Waals surface area contributed by atoms with Gasteiger partial charge in [-0.2, -0.15) is 4.31 Å². The van der Waals surface area contributed by atoms with Crippen molar-refractivity contribution in [1.82, 2.24) is 14.9 Å². The number of carbonyl (C=O) groups is 2. The molecule has 1 aliphatic heterocycles. The highest BCUT2D eigenvalue weighted by Crippen LogP contribution is 2.25. The molecule has 0 aliphatic carbocycles. The Bertz CT molecular complexity index is 1090. The van der Waals surface area contributed by atoms with Crippen molar-refractivity contribution in [2.24, 2.45) is 0 Å². The topological polar surface area (TPSA) is 105 Å². The van der Waals surface area contributed by atoms with E-state index in [1.165, 1.54) is 13.0 Å². The lowest BCUT2D eigenvalue weighted by molar-refractivity contribution is -0.140. The van der Waals surface area contributed by atoms with Gasteiger partial charge < -0.3 is 15.4 Å². The molecule has 0 unspecified atom stereocenters. The zero-order valence-electron chi connectivity index (χ0n) is 17.9. The van der Waals surface area contributed by atoms with Crippen molar-refractivity contribution in [2.45, 2.75) is 37.9 Å². The van der Waals surface area contributed by atoms with Crippen LogP contribution in [-0.4, -0.2) is 50.5 Å². The van der Waals surface area contributed by atoms with Gasteiger partial charge in [-0.25, -0.2) is 12.8 Å². The maximum atomic E-state index is 13.4. The molecule has 32 heavy (non-hydrogen) atoms. The number of rotatable bonds is 6. The van der Waals surface area contributed by atoms with Crippen molar-refractivity contribution in [2.75, 3.05) is 19.7 Å². The van der Waals surface area contributed by atoms with Crippen LogP contribution < -0.4 is 10.6 Å². The molecular weight excluding hydrogens is 437 g/mol. The summed E-state index contributed by atoms with van der Waals surface area (Å²) in [7, 11) is -3.99. The van der Waals surface area contributed by atoms with Crippen LogP contribution in [-0.2, 0) is 30.9 Å². The highest BCUT2D eigenvalue weighted by Gasteiger charge is 2.35. The van der Waals surface area contributed by atoms with Crippen LogP contribution in [0, 0.1) is 19.7 Å². The smallest absolute Gasteiger partial charge is 0.309 e. The van der Waals surface area contributed by atoms with E-state index in [-0.39, 0.29) is 30.1 Å². The fraction of sp³-hybridized carbons (Fsp3) is 0.364. The van der Waals surface area contributed by atoms with Crippen LogP contribution in [0.15, 0.2) is 47.4 Å². The number of ether oxygens (including phenoxy) is 1. The summed E-state index contributed by atoms with van der Waals surface area (Å²) in [6, 6.07) is 10.9. The maximum absolute atomic E-state index is 13.4. The van der Waals surface area contributed by atoms with Gasteiger partial charge in [0.05, 0.1) is 18.0 Å². The summed E-state index contributed by atoms with van der Waals surface area (Å²) in [5, 5.41) is 4.96. The Morgan fingerprint density at radius 2 is 1.78 bits per heavy atom. The van der Waals surface area contributed by atoms with Crippen molar-refractivity contribution in [3.05, 3.63) is 65.0 Å². The number of hydrogen-bond donors (Lipinski definition) is 2. The molecule has 2 aromatic rings. The summed E-state index contributed by atoms with van der Waals surface area (Å²) in [4.78, 5) is 24.3. The third-order valence-corrected chi connectivity index (χ3v) is 7.14. The zero-order chi connectivity index (χ0) is 23.3. The lowest BCUT2D eigenvalue weighted by Crippen LogP contribution is -2.53. The molecule has 1 fully saturated rings. The average Bonchev–Trinajstić information content (AvgIpc) is 2.76. The molecule has 8 nitrogen and oxygen atoms in total. The quantitative estimate of drug-likeness (QED) is 0.634. The van der Waals surface area contributed by atoms with Crippen molar-refractivity contribution < 1.29 is 27.1 Å². The highest BCUT2D eigenvalue weighted by molar-refractivity contribution is 7.89. The van der Waals surface area contributed by atoms with Crippen LogP contribution in [0.2, 0.25) is 0 Å². The molecule has 172 valence electrons. The van der Waals surface area contributed by atoms with E-state index >= 15 is 0 Å². The first-order valence-electron chi connectivity index (χ1n) is 10.2. The van der Waals surface area contributed by atoms with Crippen LogP contribution in [0.1, 0.15) is 23.1 Å². The fourth-order valence-corrected chi connectivity index (χ4v) is 5.13. The van der Waals surface area contributed by atoms with Gasteiger partial charge in [0.1, 0.15) is 12.0 Å². The Labute approximate surface area is 186 Å². The number of hydrogen-bond acceptors (Lipinski definition) is 5. The largest absolute Gasteiger partial charge is 0.360 e. The Balaban J connectivity index is 1.61. The van der Waals surface area contributed by atoms with Crippen LogP contribution >= 0.6 is 0 Å². The van der Waals surface area contributed by atoms with Crippen molar-refractivity contribution in [3.8, 4) is 0 Å². The van der Waals surface area contributed by atoms with Crippen molar-refractivity contribution >= 4 is 21.8 Å². The molecule has 1 atom stereocenters. The molecule has 2 aromatic carbocycles. The first kappa shape index (κ1) is 23.8. The third-order valence-electron chi connectivity index (χ3n) is 5.10. The fourth-order valence-electron chi connectivity index (χ4n) is 3.36. The van der Waals surface area contributed by atoms with E-state index in [9.17, 15) is 22.4 Å². The SMILES string of the molecule is Cc1ccc(CNC(=O)C(=O)NC[C@H]2OCCCN2S(=O)(=O)c2ccc(F)cc2C)cc1.